The number of ketones is 1. The second kappa shape index (κ2) is 6.74. The van der Waals surface area contributed by atoms with E-state index in [0.29, 0.717) is 10.6 Å². The van der Waals surface area contributed by atoms with E-state index in [-0.39, 0.29) is 5.78 Å². The van der Waals surface area contributed by atoms with E-state index >= 15 is 0 Å². The maximum Gasteiger partial charge on any atom is 0.159 e. The van der Waals surface area contributed by atoms with Crippen LogP contribution in [0, 0.1) is 0 Å². The third-order valence-corrected chi connectivity index (χ3v) is 4.69. The van der Waals surface area contributed by atoms with Gasteiger partial charge < -0.3 is 0 Å². The van der Waals surface area contributed by atoms with Crippen LogP contribution >= 0.6 is 11.6 Å². The second-order valence-corrected chi connectivity index (χ2v) is 6.65. The van der Waals surface area contributed by atoms with E-state index in [2.05, 4.69) is 12.1 Å². The van der Waals surface area contributed by atoms with Crippen molar-refractivity contribution in [1.29, 1.82) is 0 Å². The molecule has 0 atom stereocenters. The van der Waals surface area contributed by atoms with Crippen LogP contribution in [0.15, 0.2) is 78.9 Å². The van der Waals surface area contributed by atoms with E-state index in [1.165, 1.54) is 0 Å². The van der Waals surface area contributed by atoms with Gasteiger partial charge >= 0.3 is 0 Å². The summed E-state index contributed by atoms with van der Waals surface area (Å²) in [5, 5.41) is 1.76. The molecule has 4 aromatic rings. The SMILES string of the molecule is CC(=O)c1cccc(-c2cc(-c3ccc(Cl)cc3)nc3ccccc23)c1. The average molecular weight is 358 g/mol. The first-order valence-corrected chi connectivity index (χ1v) is 8.77. The third-order valence-electron chi connectivity index (χ3n) is 4.44. The first-order chi connectivity index (χ1) is 12.6. The largest absolute Gasteiger partial charge is 0.295 e. The number of aromatic nitrogens is 1. The molecule has 0 bridgehead atoms. The smallest absolute Gasteiger partial charge is 0.159 e. The second-order valence-electron chi connectivity index (χ2n) is 6.22. The summed E-state index contributed by atoms with van der Waals surface area (Å²) in [5.41, 5.74) is 5.57. The Morgan fingerprint density at radius 2 is 1.62 bits per heavy atom. The fourth-order valence-electron chi connectivity index (χ4n) is 3.09. The summed E-state index contributed by atoms with van der Waals surface area (Å²) >= 11 is 6.02. The van der Waals surface area contributed by atoms with Gasteiger partial charge in [0.1, 0.15) is 0 Å². The maximum absolute atomic E-state index is 11.8. The Morgan fingerprint density at radius 1 is 0.846 bits per heavy atom. The molecular weight excluding hydrogens is 342 g/mol. The van der Waals surface area contributed by atoms with Crippen molar-refractivity contribution in [3.05, 3.63) is 89.4 Å². The third kappa shape index (κ3) is 3.12. The Kier molecular flexibility index (Phi) is 4.27. The standard InChI is InChI=1S/C23H16ClNO/c1-15(26)17-5-4-6-18(13-17)21-14-23(16-9-11-19(24)12-10-16)25-22-8-3-2-7-20(21)22/h2-14H,1H3. The maximum atomic E-state index is 11.8. The summed E-state index contributed by atoms with van der Waals surface area (Å²) in [6.07, 6.45) is 0. The molecule has 0 amide bonds. The van der Waals surface area contributed by atoms with Crippen LogP contribution in [0.5, 0.6) is 0 Å². The van der Waals surface area contributed by atoms with Crippen LogP contribution in [0.4, 0.5) is 0 Å². The number of halogens is 1. The lowest BCUT2D eigenvalue weighted by Gasteiger charge is -2.11. The van der Waals surface area contributed by atoms with E-state index in [4.69, 9.17) is 16.6 Å². The summed E-state index contributed by atoms with van der Waals surface area (Å²) in [7, 11) is 0. The molecule has 1 heterocycles. The molecule has 3 heteroatoms. The minimum absolute atomic E-state index is 0.0585. The zero-order chi connectivity index (χ0) is 18.1. The molecule has 4 rings (SSSR count). The lowest BCUT2D eigenvalue weighted by atomic mass is 9.96. The van der Waals surface area contributed by atoms with E-state index in [9.17, 15) is 4.79 Å². The molecule has 0 aliphatic heterocycles. The number of nitrogens with zero attached hydrogens (tertiary/aromatic N) is 1. The normalized spacial score (nSPS) is 10.8. The van der Waals surface area contributed by atoms with Gasteiger partial charge in [-0.15, -0.1) is 0 Å². The molecule has 0 saturated heterocycles. The van der Waals surface area contributed by atoms with Crippen molar-refractivity contribution in [2.75, 3.05) is 0 Å². The monoisotopic (exact) mass is 357 g/mol. The molecule has 0 N–H and O–H groups in total. The zero-order valence-corrected chi connectivity index (χ0v) is 15.0. The molecule has 3 aromatic carbocycles. The zero-order valence-electron chi connectivity index (χ0n) is 14.2. The molecule has 126 valence electrons. The first kappa shape index (κ1) is 16.5. The highest BCUT2D eigenvalue weighted by Crippen LogP contribution is 2.32. The molecule has 26 heavy (non-hydrogen) atoms. The van der Waals surface area contributed by atoms with Crippen LogP contribution in [0.25, 0.3) is 33.3 Å². The van der Waals surface area contributed by atoms with Crippen molar-refractivity contribution in [2.45, 2.75) is 6.92 Å². The Morgan fingerprint density at radius 3 is 2.38 bits per heavy atom. The number of rotatable bonds is 3. The average Bonchev–Trinajstić information content (AvgIpc) is 2.68. The number of carbonyl (C=O) groups excluding carboxylic acids is 1. The Balaban J connectivity index is 1.97. The number of hydrogen-bond donors (Lipinski definition) is 0. The number of benzene rings is 3. The van der Waals surface area contributed by atoms with Gasteiger partial charge in [0.25, 0.3) is 0 Å². The molecule has 1 aromatic heterocycles. The van der Waals surface area contributed by atoms with E-state index in [1.807, 2.05) is 66.7 Å². The van der Waals surface area contributed by atoms with Crippen molar-refractivity contribution in [3.8, 4) is 22.4 Å². The van der Waals surface area contributed by atoms with Crippen LogP contribution in [-0.2, 0) is 0 Å². The molecule has 0 fully saturated rings. The highest BCUT2D eigenvalue weighted by molar-refractivity contribution is 6.30. The minimum atomic E-state index is 0.0585. The summed E-state index contributed by atoms with van der Waals surface area (Å²) in [4.78, 5) is 16.6. The van der Waals surface area contributed by atoms with Gasteiger partial charge in [0.05, 0.1) is 11.2 Å². The summed E-state index contributed by atoms with van der Waals surface area (Å²) in [5.74, 6) is 0.0585. The predicted octanol–water partition coefficient (Wildman–Crippen LogP) is 6.42. The number of fused-ring (bicyclic) bond motifs is 1. The summed E-state index contributed by atoms with van der Waals surface area (Å²) < 4.78 is 0. The molecule has 0 saturated carbocycles. The number of pyridine rings is 1. The Bertz CT molecular complexity index is 1120. The van der Waals surface area contributed by atoms with Gasteiger partial charge in [0, 0.05) is 21.5 Å². The quantitative estimate of drug-likeness (QED) is 0.396. The van der Waals surface area contributed by atoms with Crippen LogP contribution in [0.2, 0.25) is 5.02 Å². The molecule has 0 aliphatic carbocycles. The molecule has 0 unspecified atom stereocenters. The van der Waals surface area contributed by atoms with Gasteiger partial charge in [-0.05, 0) is 48.4 Å². The molecule has 2 nitrogen and oxygen atoms in total. The van der Waals surface area contributed by atoms with Gasteiger partial charge in [-0.1, -0.05) is 60.1 Å². The topological polar surface area (TPSA) is 30.0 Å². The van der Waals surface area contributed by atoms with Crippen LogP contribution in [0.1, 0.15) is 17.3 Å². The highest BCUT2D eigenvalue weighted by atomic mass is 35.5. The molecule has 0 spiro atoms. The first-order valence-electron chi connectivity index (χ1n) is 8.39. The Labute approximate surface area is 157 Å². The Hall–Kier alpha value is -2.97. The molecular formula is C23H16ClNO. The fraction of sp³-hybridized carbons (Fsp3) is 0.0435. The van der Waals surface area contributed by atoms with Crippen LogP contribution in [0.3, 0.4) is 0 Å². The van der Waals surface area contributed by atoms with Crippen molar-refractivity contribution >= 4 is 28.3 Å². The van der Waals surface area contributed by atoms with Crippen molar-refractivity contribution in [1.82, 2.24) is 4.98 Å². The lowest BCUT2D eigenvalue weighted by Crippen LogP contribution is -1.93. The highest BCUT2D eigenvalue weighted by Gasteiger charge is 2.10. The number of para-hydroxylation sites is 1. The van der Waals surface area contributed by atoms with Gasteiger partial charge in [-0.25, -0.2) is 4.98 Å². The van der Waals surface area contributed by atoms with Gasteiger partial charge in [-0.2, -0.15) is 0 Å². The molecule has 0 aliphatic rings. The fourth-order valence-corrected chi connectivity index (χ4v) is 3.21. The number of hydrogen-bond acceptors (Lipinski definition) is 2. The number of carbonyl (C=O) groups is 1. The van der Waals surface area contributed by atoms with Crippen molar-refractivity contribution in [2.24, 2.45) is 0 Å². The van der Waals surface area contributed by atoms with Crippen LogP contribution in [-0.4, -0.2) is 10.8 Å². The summed E-state index contributed by atoms with van der Waals surface area (Å²) in [6.45, 7) is 1.59. The van der Waals surface area contributed by atoms with Gasteiger partial charge in [0.15, 0.2) is 5.78 Å². The van der Waals surface area contributed by atoms with Crippen LogP contribution < -0.4 is 0 Å². The van der Waals surface area contributed by atoms with Gasteiger partial charge in [0.2, 0.25) is 0 Å². The summed E-state index contributed by atoms with van der Waals surface area (Å²) in [6, 6.07) is 25.5. The van der Waals surface area contributed by atoms with E-state index in [1.54, 1.807) is 6.92 Å². The van der Waals surface area contributed by atoms with Crippen molar-refractivity contribution in [3.63, 3.8) is 0 Å². The van der Waals surface area contributed by atoms with E-state index < -0.39 is 0 Å². The van der Waals surface area contributed by atoms with E-state index in [0.717, 1.165) is 33.3 Å². The molecule has 0 radical (unpaired) electrons. The lowest BCUT2D eigenvalue weighted by molar-refractivity contribution is 0.101. The van der Waals surface area contributed by atoms with Crippen molar-refractivity contribution < 1.29 is 4.79 Å². The van der Waals surface area contributed by atoms with Gasteiger partial charge in [-0.3, -0.25) is 4.79 Å². The number of Topliss-reactive ketones (excluding diaryl/α,β-unsaturated/α-hetero) is 1. The minimum Gasteiger partial charge on any atom is -0.295 e. The predicted molar refractivity (Wildman–Crippen MR) is 108 cm³/mol.